The van der Waals surface area contributed by atoms with Gasteiger partial charge in [-0.25, -0.2) is 4.79 Å². The zero-order valence-electron chi connectivity index (χ0n) is 15.3. The van der Waals surface area contributed by atoms with Crippen molar-refractivity contribution in [3.05, 3.63) is 0 Å². The fourth-order valence-corrected chi connectivity index (χ4v) is 2.26. The number of hydrogen-bond donors (Lipinski definition) is 2. The minimum absolute atomic E-state index is 0.0428. The molecule has 0 aromatic carbocycles. The van der Waals surface area contributed by atoms with Gasteiger partial charge in [-0.15, -0.1) is 0 Å². The Kier molecular flexibility index (Phi) is 9.14. The highest BCUT2D eigenvalue weighted by Gasteiger charge is 2.21. The number of ether oxygens (including phenoxy) is 1. The molecule has 130 valence electrons. The third-order valence-electron chi connectivity index (χ3n) is 3.36. The van der Waals surface area contributed by atoms with E-state index in [1.807, 2.05) is 34.6 Å². The van der Waals surface area contributed by atoms with E-state index in [0.717, 1.165) is 19.3 Å². The lowest BCUT2D eigenvalue weighted by atomic mass is 10.0. The molecule has 0 aliphatic rings. The molecule has 22 heavy (non-hydrogen) atoms. The van der Waals surface area contributed by atoms with Crippen LogP contribution in [0.15, 0.2) is 0 Å². The second-order valence-corrected chi connectivity index (χ2v) is 7.23. The predicted molar refractivity (Wildman–Crippen MR) is 89.7 cm³/mol. The van der Waals surface area contributed by atoms with Gasteiger partial charge in [0.2, 0.25) is 5.91 Å². The molecule has 2 amide bonds. The number of rotatable bonds is 8. The van der Waals surface area contributed by atoms with Gasteiger partial charge in [-0.05, 0) is 46.0 Å². The molecule has 0 aromatic rings. The van der Waals surface area contributed by atoms with Gasteiger partial charge in [0.15, 0.2) is 0 Å². The zero-order chi connectivity index (χ0) is 17.3. The van der Waals surface area contributed by atoms with Crippen molar-refractivity contribution in [1.82, 2.24) is 10.6 Å². The molecule has 0 rings (SSSR count). The van der Waals surface area contributed by atoms with Gasteiger partial charge in [0.05, 0.1) is 0 Å². The van der Waals surface area contributed by atoms with Crippen LogP contribution in [0.3, 0.4) is 0 Å². The SMILES string of the molecule is CCC(CC)C(=O)NC[C@H](CC(C)C)NC(=O)OC(C)(C)C. The normalized spacial score (nSPS) is 13.1. The van der Waals surface area contributed by atoms with Crippen molar-refractivity contribution in [1.29, 1.82) is 0 Å². The highest BCUT2D eigenvalue weighted by Crippen LogP contribution is 2.10. The molecule has 0 saturated carbocycles. The van der Waals surface area contributed by atoms with E-state index in [1.54, 1.807) is 0 Å². The lowest BCUT2D eigenvalue weighted by molar-refractivity contribution is -0.125. The van der Waals surface area contributed by atoms with E-state index >= 15 is 0 Å². The fourth-order valence-electron chi connectivity index (χ4n) is 2.26. The van der Waals surface area contributed by atoms with Crippen LogP contribution in [0, 0.1) is 11.8 Å². The highest BCUT2D eigenvalue weighted by atomic mass is 16.6. The Bertz CT molecular complexity index is 344. The molecule has 0 saturated heterocycles. The first-order valence-electron chi connectivity index (χ1n) is 8.36. The predicted octanol–water partition coefficient (Wildman–Crippen LogP) is 3.48. The van der Waals surface area contributed by atoms with Crippen molar-refractivity contribution >= 4 is 12.0 Å². The summed E-state index contributed by atoms with van der Waals surface area (Å²) in [7, 11) is 0. The van der Waals surface area contributed by atoms with Crippen LogP contribution in [-0.2, 0) is 9.53 Å². The molecule has 0 radical (unpaired) electrons. The molecule has 0 aliphatic heterocycles. The summed E-state index contributed by atoms with van der Waals surface area (Å²) >= 11 is 0. The minimum Gasteiger partial charge on any atom is -0.444 e. The smallest absolute Gasteiger partial charge is 0.407 e. The lowest BCUT2D eigenvalue weighted by Gasteiger charge is -2.25. The Morgan fingerprint density at radius 3 is 2.05 bits per heavy atom. The zero-order valence-corrected chi connectivity index (χ0v) is 15.3. The average molecular weight is 314 g/mol. The van der Waals surface area contributed by atoms with Crippen molar-refractivity contribution < 1.29 is 14.3 Å². The van der Waals surface area contributed by atoms with Crippen LogP contribution >= 0.6 is 0 Å². The van der Waals surface area contributed by atoms with Gasteiger partial charge in [-0.3, -0.25) is 4.79 Å². The van der Waals surface area contributed by atoms with Gasteiger partial charge in [0.25, 0.3) is 0 Å². The Morgan fingerprint density at radius 2 is 1.64 bits per heavy atom. The molecule has 0 bridgehead atoms. The first kappa shape index (κ1) is 20.7. The van der Waals surface area contributed by atoms with Gasteiger partial charge in [-0.2, -0.15) is 0 Å². The van der Waals surface area contributed by atoms with Crippen molar-refractivity contribution in [2.75, 3.05) is 6.54 Å². The standard InChI is InChI=1S/C17H34N2O3/c1-8-13(9-2)15(20)18-11-14(10-12(3)4)19-16(21)22-17(5,6)7/h12-14H,8-11H2,1-7H3,(H,18,20)(H,19,21)/t14-/m0/s1. The first-order chi connectivity index (χ1) is 10.1. The average Bonchev–Trinajstić information content (AvgIpc) is 2.34. The second-order valence-electron chi connectivity index (χ2n) is 7.23. The molecule has 0 aliphatic carbocycles. The Labute approximate surface area is 135 Å². The fraction of sp³-hybridized carbons (Fsp3) is 0.882. The van der Waals surface area contributed by atoms with Crippen molar-refractivity contribution in [3.63, 3.8) is 0 Å². The Hall–Kier alpha value is -1.26. The van der Waals surface area contributed by atoms with E-state index in [1.165, 1.54) is 0 Å². The van der Waals surface area contributed by atoms with E-state index in [-0.39, 0.29) is 17.9 Å². The quantitative estimate of drug-likeness (QED) is 0.721. The maximum Gasteiger partial charge on any atom is 0.407 e. The van der Waals surface area contributed by atoms with Gasteiger partial charge in [0, 0.05) is 18.5 Å². The summed E-state index contributed by atoms with van der Waals surface area (Å²) in [6, 6.07) is -0.117. The summed E-state index contributed by atoms with van der Waals surface area (Å²) in [4.78, 5) is 24.0. The molecule has 0 fully saturated rings. The molecule has 1 atom stereocenters. The van der Waals surface area contributed by atoms with Crippen LogP contribution in [0.1, 0.15) is 67.7 Å². The van der Waals surface area contributed by atoms with Crippen LogP contribution in [0.25, 0.3) is 0 Å². The largest absolute Gasteiger partial charge is 0.444 e. The van der Waals surface area contributed by atoms with Gasteiger partial charge in [0.1, 0.15) is 5.60 Å². The summed E-state index contributed by atoms with van der Waals surface area (Å²) in [5, 5.41) is 5.81. The van der Waals surface area contributed by atoms with Gasteiger partial charge in [-0.1, -0.05) is 27.7 Å². The van der Waals surface area contributed by atoms with E-state index in [4.69, 9.17) is 4.74 Å². The van der Waals surface area contributed by atoms with Crippen LogP contribution < -0.4 is 10.6 Å². The minimum atomic E-state index is -0.523. The van der Waals surface area contributed by atoms with Gasteiger partial charge >= 0.3 is 6.09 Å². The number of hydrogen-bond acceptors (Lipinski definition) is 3. The molecule has 5 nitrogen and oxygen atoms in total. The van der Waals surface area contributed by atoms with Crippen molar-refractivity contribution in [3.8, 4) is 0 Å². The third-order valence-corrected chi connectivity index (χ3v) is 3.36. The van der Waals surface area contributed by atoms with Crippen molar-refractivity contribution in [2.24, 2.45) is 11.8 Å². The van der Waals surface area contributed by atoms with Crippen LogP contribution in [-0.4, -0.2) is 30.2 Å². The molecule has 0 spiro atoms. The summed E-state index contributed by atoms with van der Waals surface area (Å²) in [6.45, 7) is 14.1. The van der Waals surface area contributed by atoms with E-state index < -0.39 is 11.7 Å². The van der Waals surface area contributed by atoms with Crippen LogP contribution in [0.4, 0.5) is 4.79 Å². The van der Waals surface area contributed by atoms with Crippen LogP contribution in [0.2, 0.25) is 0 Å². The topological polar surface area (TPSA) is 67.4 Å². The summed E-state index contributed by atoms with van der Waals surface area (Å²) < 4.78 is 5.28. The summed E-state index contributed by atoms with van der Waals surface area (Å²) in [5.41, 5.74) is -0.523. The number of alkyl carbamates (subject to hydrolysis) is 1. The molecule has 0 heterocycles. The summed E-state index contributed by atoms with van der Waals surface area (Å²) in [6.07, 6.45) is 2.02. The number of carbonyl (C=O) groups excluding carboxylic acids is 2. The Morgan fingerprint density at radius 1 is 1.09 bits per heavy atom. The maximum absolute atomic E-state index is 12.1. The highest BCUT2D eigenvalue weighted by molar-refractivity contribution is 5.78. The second kappa shape index (κ2) is 9.70. The number of nitrogens with one attached hydrogen (secondary N) is 2. The van der Waals surface area contributed by atoms with E-state index in [2.05, 4.69) is 24.5 Å². The lowest BCUT2D eigenvalue weighted by Crippen LogP contribution is -2.47. The first-order valence-corrected chi connectivity index (χ1v) is 8.36. The van der Waals surface area contributed by atoms with E-state index in [0.29, 0.717) is 12.5 Å². The Balaban J connectivity index is 4.52. The molecule has 2 N–H and O–H groups in total. The number of carbonyl (C=O) groups is 2. The molecule has 5 heteroatoms. The number of amides is 2. The monoisotopic (exact) mass is 314 g/mol. The molecular weight excluding hydrogens is 280 g/mol. The van der Waals surface area contributed by atoms with Crippen LogP contribution in [0.5, 0.6) is 0 Å². The third kappa shape index (κ3) is 9.64. The van der Waals surface area contributed by atoms with E-state index in [9.17, 15) is 9.59 Å². The molecule has 0 unspecified atom stereocenters. The molecule has 0 aromatic heterocycles. The summed E-state index contributed by atoms with van der Waals surface area (Å²) in [5.74, 6) is 0.524. The molecular formula is C17H34N2O3. The maximum atomic E-state index is 12.1. The van der Waals surface area contributed by atoms with Crippen molar-refractivity contribution in [2.45, 2.75) is 79.4 Å². The van der Waals surface area contributed by atoms with Gasteiger partial charge < -0.3 is 15.4 Å².